The van der Waals surface area contributed by atoms with Gasteiger partial charge in [-0.05, 0) is 35.9 Å². The summed E-state index contributed by atoms with van der Waals surface area (Å²) in [6.07, 6.45) is 18.0. The fourth-order valence-electron chi connectivity index (χ4n) is 5.72. The fourth-order valence-corrected chi connectivity index (χ4v) is 11.1. The van der Waals surface area contributed by atoms with Crippen molar-refractivity contribution in [2.24, 2.45) is 17.8 Å². The van der Waals surface area contributed by atoms with Crippen LogP contribution in [0.1, 0.15) is 77.0 Å². The van der Waals surface area contributed by atoms with Crippen LogP contribution in [0.15, 0.2) is 0 Å². The van der Waals surface area contributed by atoms with Gasteiger partial charge in [0.2, 0.25) is 0 Å². The number of hydrogen-bond donors (Lipinski definition) is 0. The lowest BCUT2D eigenvalue weighted by molar-refractivity contribution is 0.352. The van der Waals surface area contributed by atoms with Gasteiger partial charge in [-0.25, -0.2) is 0 Å². The van der Waals surface area contributed by atoms with E-state index in [4.69, 9.17) is 4.43 Å². The third-order valence-electron chi connectivity index (χ3n) is 6.84. The van der Waals surface area contributed by atoms with Crippen molar-refractivity contribution in [3.05, 3.63) is 0 Å². The van der Waals surface area contributed by atoms with E-state index in [0.717, 1.165) is 17.8 Å². The van der Waals surface area contributed by atoms with Crippen LogP contribution < -0.4 is 0 Å². The van der Waals surface area contributed by atoms with Crippen LogP contribution in [-0.2, 0) is 4.43 Å². The topological polar surface area (TPSA) is 9.23 Å². The van der Waals surface area contributed by atoms with Crippen molar-refractivity contribution >= 4 is 8.32 Å². The van der Waals surface area contributed by atoms with Gasteiger partial charge in [0.25, 0.3) is 0 Å². The lowest BCUT2D eigenvalue weighted by atomic mass is 10.1. The summed E-state index contributed by atoms with van der Waals surface area (Å²) in [5.41, 5.74) is 0. The van der Waals surface area contributed by atoms with Crippen LogP contribution in [0.5, 0.6) is 0 Å². The molecule has 0 aromatic rings. The molecule has 0 N–H and O–H groups in total. The minimum absolute atomic E-state index is 1.03. The van der Waals surface area contributed by atoms with Crippen LogP contribution in [-0.4, -0.2) is 15.4 Å². The Morgan fingerprint density at radius 2 is 0.905 bits per heavy atom. The molecule has 3 rings (SSSR count). The minimum Gasteiger partial charge on any atom is -0.420 e. The maximum atomic E-state index is 6.46. The molecular formula is C19H36OSi. The van der Waals surface area contributed by atoms with E-state index in [0.29, 0.717) is 0 Å². The zero-order chi connectivity index (χ0) is 14.5. The van der Waals surface area contributed by atoms with Gasteiger partial charge >= 0.3 is 0 Å². The monoisotopic (exact) mass is 308 g/mol. The van der Waals surface area contributed by atoms with Gasteiger partial charge in [0.15, 0.2) is 8.32 Å². The van der Waals surface area contributed by atoms with Gasteiger partial charge in [-0.2, -0.15) is 0 Å². The Morgan fingerprint density at radius 3 is 1.14 bits per heavy atom. The molecule has 0 aromatic heterocycles. The van der Waals surface area contributed by atoms with Gasteiger partial charge in [0.05, 0.1) is 0 Å². The number of rotatable bonds is 7. The van der Waals surface area contributed by atoms with Crippen molar-refractivity contribution in [3.8, 4) is 0 Å². The summed E-state index contributed by atoms with van der Waals surface area (Å²) < 4.78 is 6.46. The highest BCUT2D eigenvalue weighted by molar-refractivity contribution is 6.74. The van der Waals surface area contributed by atoms with E-state index < -0.39 is 8.32 Å². The molecule has 0 heterocycles. The molecule has 0 unspecified atom stereocenters. The van der Waals surface area contributed by atoms with E-state index in [1.807, 2.05) is 0 Å². The average molecular weight is 309 g/mol. The Kier molecular flexibility index (Phi) is 5.83. The predicted octanol–water partition coefficient (Wildman–Crippen LogP) is 6.15. The van der Waals surface area contributed by atoms with Crippen LogP contribution in [0, 0.1) is 17.8 Å². The highest BCUT2D eigenvalue weighted by Crippen LogP contribution is 2.44. The molecule has 3 aliphatic carbocycles. The zero-order valence-corrected chi connectivity index (χ0v) is 15.2. The largest absolute Gasteiger partial charge is 0.420 e. The molecule has 3 fully saturated rings. The van der Waals surface area contributed by atoms with Crippen molar-refractivity contribution in [1.82, 2.24) is 0 Å². The van der Waals surface area contributed by atoms with Crippen LogP contribution in [0.2, 0.25) is 18.1 Å². The Morgan fingerprint density at radius 1 is 0.619 bits per heavy atom. The normalized spacial score (nSPS) is 26.1. The van der Waals surface area contributed by atoms with Crippen molar-refractivity contribution in [2.45, 2.75) is 95.2 Å². The minimum atomic E-state index is -1.46. The molecule has 0 atom stereocenters. The molecule has 0 amide bonds. The van der Waals surface area contributed by atoms with Gasteiger partial charge in [0, 0.05) is 7.11 Å². The van der Waals surface area contributed by atoms with Gasteiger partial charge in [0.1, 0.15) is 0 Å². The van der Waals surface area contributed by atoms with E-state index in [9.17, 15) is 0 Å². The lowest BCUT2D eigenvalue weighted by Crippen LogP contribution is -2.42. The maximum Gasteiger partial charge on any atom is 0.193 e. The maximum absolute atomic E-state index is 6.46. The highest BCUT2D eigenvalue weighted by Gasteiger charge is 2.42. The molecule has 0 radical (unpaired) electrons. The average Bonchev–Trinajstić information content (AvgIpc) is 3.21. The summed E-state index contributed by atoms with van der Waals surface area (Å²) in [5, 5.41) is 0. The van der Waals surface area contributed by atoms with Gasteiger partial charge in [-0.15, -0.1) is 0 Å². The zero-order valence-electron chi connectivity index (χ0n) is 14.2. The first-order valence-electron chi connectivity index (χ1n) is 9.85. The highest BCUT2D eigenvalue weighted by atomic mass is 28.4. The van der Waals surface area contributed by atoms with E-state index in [1.165, 1.54) is 95.2 Å². The van der Waals surface area contributed by atoms with Gasteiger partial charge in [-0.3, -0.25) is 0 Å². The summed E-state index contributed by atoms with van der Waals surface area (Å²) in [7, 11) is 0.624. The van der Waals surface area contributed by atoms with E-state index in [1.54, 1.807) is 0 Å². The first-order chi connectivity index (χ1) is 10.3. The number of hydrogen-bond acceptors (Lipinski definition) is 1. The van der Waals surface area contributed by atoms with Crippen LogP contribution in [0.25, 0.3) is 0 Å². The smallest absolute Gasteiger partial charge is 0.193 e. The van der Waals surface area contributed by atoms with E-state index in [-0.39, 0.29) is 0 Å². The van der Waals surface area contributed by atoms with Crippen molar-refractivity contribution < 1.29 is 4.43 Å². The molecular weight excluding hydrogens is 272 g/mol. The molecule has 0 bridgehead atoms. The van der Waals surface area contributed by atoms with Crippen molar-refractivity contribution in [2.75, 3.05) is 7.11 Å². The van der Waals surface area contributed by atoms with E-state index in [2.05, 4.69) is 7.11 Å². The first-order valence-corrected chi connectivity index (χ1v) is 12.4. The third kappa shape index (κ3) is 4.34. The molecule has 21 heavy (non-hydrogen) atoms. The van der Waals surface area contributed by atoms with Crippen LogP contribution in [0.4, 0.5) is 0 Å². The molecule has 2 heteroatoms. The summed E-state index contributed by atoms with van der Waals surface area (Å²) in [6.45, 7) is 0. The molecule has 1 nitrogen and oxygen atoms in total. The van der Waals surface area contributed by atoms with Gasteiger partial charge < -0.3 is 4.43 Å². The van der Waals surface area contributed by atoms with Crippen LogP contribution in [0.3, 0.4) is 0 Å². The molecule has 0 aromatic carbocycles. The van der Waals surface area contributed by atoms with Crippen molar-refractivity contribution in [1.29, 1.82) is 0 Å². The standard InChI is InChI=1S/C19H36OSi/c1-20-21(14-17-8-2-3-9-17,15-18-10-4-5-11-18)16-19-12-6-7-13-19/h17-19H,2-16H2,1H3. The molecule has 122 valence electrons. The SMILES string of the molecule is CO[Si](CC1CCCC1)(CC1CCCC1)CC1CCCC1. The summed E-state index contributed by atoms with van der Waals surface area (Å²) in [6, 6.07) is 4.53. The quantitative estimate of drug-likeness (QED) is 0.513. The Labute approximate surface area is 133 Å². The summed E-state index contributed by atoms with van der Waals surface area (Å²) in [4.78, 5) is 0. The Hall–Kier alpha value is 0.177. The molecule has 0 aliphatic heterocycles. The molecule has 3 aliphatic rings. The van der Waals surface area contributed by atoms with Crippen LogP contribution >= 0.6 is 0 Å². The second-order valence-electron chi connectivity index (χ2n) is 8.45. The Bertz CT molecular complexity index is 253. The molecule has 0 spiro atoms. The lowest BCUT2D eigenvalue weighted by Gasteiger charge is -2.36. The first kappa shape index (κ1) is 16.0. The summed E-state index contributed by atoms with van der Waals surface area (Å²) >= 11 is 0. The molecule has 0 saturated heterocycles. The van der Waals surface area contributed by atoms with Gasteiger partial charge in [-0.1, -0.05) is 77.0 Å². The third-order valence-corrected chi connectivity index (χ3v) is 11.7. The fraction of sp³-hybridized carbons (Fsp3) is 1.00. The second-order valence-corrected chi connectivity index (χ2v) is 12.4. The van der Waals surface area contributed by atoms with Crippen molar-refractivity contribution in [3.63, 3.8) is 0 Å². The molecule has 3 saturated carbocycles. The van der Waals surface area contributed by atoms with E-state index >= 15 is 0 Å². The predicted molar refractivity (Wildman–Crippen MR) is 93.1 cm³/mol. The Balaban J connectivity index is 1.65. The second kappa shape index (κ2) is 7.63. The summed E-state index contributed by atoms with van der Waals surface area (Å²) in [5.74, 6) is 3.08.